The van der Waals surface area contributed by atoms with Gasteiger partial charge in [0.15, 0.2) is 0 Å². The highest BCUT2D eigenvalue weighted by Gasteiger charge is 2.07. The quantitative estimate of drug-likeness (QED) is 0.678. The Hall–Kier alpha value is -1.85. The molecule has 1 amide bonds. The molecule has 88 valence electrons. The molecule has 0 saturated carbocycles. The minimum atomic E-state index is -0.786. The molecule has 1 heterocycles. The summed E-state index contributed by atoms with van der Waals surface area (Å²) in [4.78, 5) is 21.5. The van der Waals surface area contributed by atoms with Crippen molar-refractivity contribution >= 4 is 11.9 Å². The predicted molar refractivity (Wildman–Crippen MR) is 54.9 cm³/mol. The summed E-state index contributed by atoms with van der Waals surface area (Å²) in [5.41, 5.74) is 0. The molecule has 0 fully saturated rings. The summed E-state index contributed by atoms with van der Waals surface area (Å²) in [6.45, 7) is 0.513. The van der Waals surface area contributed by atoms with E-state index in [0.29, 0.717) is 13.0 Å². The first kappa shape index (κ1) is 12.2. The monoisotopic (exact) mass is 226 g/mol. The maximum atomic E-state index is 11.3. The molecule has 0 unspecified atom stereocenters. The number of amides is 1. The Morgan fingerprint density at radius 2 is 2.19 bits per heavy atom. The number of unbranched alkanes of at least 4 members (excludes halogenated alkanes) is 2. The van der Waals surface area contributed by atoms with Crippen molar-refractivity contribution in [2.75, 3.05) is 6.54 Å². The molecule has 0 spiro atoms. The molecule has 0 aliphatic carbocycles. The molecule has 1 aromatic rings. The van der Waals surface area contributed by atoms with Gasteiger partial charge in [0.05, 0.1) is 6.20 Å². The molecule has 16 heavy (non-hydrogen) atoms. The third kappa shape index (κ3) is 4.59. The van der Waals surface area contributed by atoms with Crippen LogP contribution in [0, 0.1) is 0 Å². The second kappa shape index (κ2) is 6.60. The normalized spacial score (nSPS) is 10.0. The highest BCUT2D eigenvalue weighted by Crippen LogP contribution is 2.00. The first-order chi connectivity index (χ1) is 7.70. The molecular weight excluding hydrogens is 212 g/mol. The number of carboxylic acid groups (broad SMARTS) is 1. The molecule has 0 radical (unpaired) electrons. The van der Waals surface area contributed by atoms with E-state index in [1.165, 1.54) is 12.3 Å². The first-order valence-corrected chi connectivity index (χ1v) is 5.11. The van der Waals surface area contributed by atoms with E-state index >= 15 is 0 Å². The van der Waals surface area contributed by atoms with Crippen LogP contribution in [0.5, 0.6) is 0 Å². The first-order valence-electron chi connectivity index (χ1n) is 5.11. The molecule has 6 nitrogen and oxygen atoms in total. The topological polar surface area (TPSA) is 92.4 Å². The lowest BCUT2D eigenvalue weighted by molar-refractivity contribution is -0.137. The molecule has 0 saturated heterocycles. The van der Waals surface area contributed by atoms with Crippen LogP contribution in [0.4, 0.5) is 0 Å². The van der Waals surface area contributed by atoms with Crippen LogP contribution in [0.3, 0.4) is 0 Å². The van der Waals surface area contributed by atoms with Gasteiger partial charge < -0.3 is 14.9 Å². The summed E-state index contributed by atoms with van der Waals surface area (Å²) in [6, 6.07) is 1.49. The number of nitrogens with zero attached hydrogens (tertiary/aromatic N) is 1. The van der Waals surface area contributed by atoms with Crippen molar-refractivity contribution in [1.82, 2.24) is 10.5 Å². The number of carboxylic acids is 1. The van der Waals surface area contributed by atoms with Gasteiger partial charge in [-0.1, -0.05) is 11.6 Å². The molecule has 0 aliphatic rings. The zero-order valence-electron chi connectivity index (χ0n) is 8.81. The lowest BCUT2D eigenvalue weighted by atomic mass is 10.2. The Bertz CT molecular complexity index is 335. The predicted octanol–water partition coefficient (Wildman–Crippen LogP) is 1.05. The van der Waals surface area contributed by atoms with Crippen molar-refractivity contribution in [1.29, 1.82) is 0 Å². The fraction of sp³-hybridized carbons (Fsp3) is 0.500. The molecule has 0 aromatic carbocycles. The van der Waals surface area contributed by atoms with E-state index < -0.39 is 5.97 Å². The van der Waals surface area contributed by atoms with E-state index in [-0.39, 0.29) is 18.1 Å². The van der Waals surface area contributed by atoms with Crippen LogP contribution in [-0.2, 0) is 4.79 Å². The zero-order valence-corrected chi connectivity index (χ0v) is 8.81. The van der Waals surface area contributed by atoms with Gasteiger partial charge in [0.2, 0.25) is 5.76 Å². The van der Waals surface area contributed by atoms with Crippen molar-refractivity contribution in [3.05, 3.63) is 18.0 Å². The Balaban J connectivity index is 2.03. The fourth-order valence-corrected chi connectivity index (χ4v) is 1.20. The van der Waals surface area contributed by atoms with Crippen molar-refractivity contribution in [2.24, 2.45) is 0 Å². The van der Waals surface area contributed by atoms with Crippen LogP contribution in [0.1, 0.15) is 36.2 Å². The van der Waals surface area contributed by atoms with Gasteiger partial charge in [-0.2, -0.15) is 0 Å². The number of carbonyl (C=O) groups is 2. The van der Waals surface area contributed by atoms with Gasteiger partial charge in [-0.3, -0.25) is 9.59 Å². The van der Waals surface area contributed by atoms with Crippen LogP contribution in [-0.4, -0.2) is 28.7 Å². The van der Waals surface area contributed by atoms with Gasteiger partial charge in [0.25, 0.3) is 5.91 Å². The molecule has 6 heteroatoms. The maximum Gasteiger partial charge on any atom is 0.303 e. The van der Waals surface area contributed by atoms with E-state index in [0.717, 1.165) is 12.8 Å². The number of hydrogen-bond acceptors (Lipinski definition) is 4. The number of hydrogen-bond donors (Lipinski definition) is 2. The lowest BCUT2D eigenvalue weighted by Gasteiger charge is -2.01. The number of carbonyl (C=O) groups excluding carboxylic acids is 1. The molecular formula is C10H14N2O4. The molecule has 0 atom stereocenters. The van der Waals surface area contributed by atoms with Gasteiger partial charge in [-0.25, -0.2) is 0 Å². The lowest BCUT2D eigenvalue weighted by Crippen LogP contribution is -2.23. The molecule has 0 bridgehead atoms. The smallest absolute Gasteiger partial charge is 0.303 e. The Kier molecular flexibility index (Phi) is 5.04. The van der Waals surface area contributed by atoms with Crippen molar-refractivity contribution in [3.63, 3.8) is 0 Å². The van der Waals surface area contributed by atoms with Crippen LogP contribution < -0.4 is 5.32 Å². The van der Waals surface area contributed by atoms with E-state index in [1.54, 1.807) is 0 Å². The summed E-state index contributed by atoms with van der Waals surface area (Å²) in [5, 5.41) is 14.5. The van der Waals surface area contributed by atoms with Gasteiger partial charge in [0.1, 0.15) is 0 Å². The van der Waals surface area contributed by atoms with E-state index in [2.05, 4.69) is 15.0 Å². The third-order valence-corrected chi connectivity index (χ3v) is 2.01. The van der Waals surface area contributed by atoms with E-state index in [1.807, 2.05) is 0 Å². The Morgan fingerprint density at radius 3 is 2.81 bits per heavy atom. The van der Waals surface area contributed by atoms with Crippen LogP contribution in [0.15, 0.2) is 16.8 Å². The second-order valence-corrected chi connectivity index (χ2v) is 3.34. The van der Waals surface area contributed by atoms with Crippen LogP contribution in [0.25, 0.3) is 0 Å². The summed E-state index contributed by atoms with van der Waals surface area (Å²) < 4.78 is 4.67. The minimum absolute atomic E-state index is 0.177. The average Bonchev–Trinajstić information content (AvgIpc) is 2.75. The molecule has 1 aromatic heterocycles. The summed E-state index contributed by atoms with van der Waals surface area (Å²) in [6.07, 6.45) is 3.75. The van der Waals surface area contributed by atoms with Gasteiger partial charge >= 0.3 is 5.97 Å². The van der Waals surface area contributed by atoms with Crippen LogP contribution in [0.2, 0.25) is 0 Å². The van der Waals surface area contributed by atoms with Gasteiger partial charge in [-0.15, -0.1) is 0 Å². The minimum Gasteiger partial charge on any atom is -0.481 e. The Morgan fingerprint density at radius 1 is 1.38 bits per heavy atom. The van der Waals surface area contributed by atoms with Crippen LogP contribution >= 0.6 is 0 Å². The fourth-order valence-electron chi connectivity index (χ4n) is 1.20. The zero-order chi connectivity index (χ0) is 11.8. The Labute approximate surface area is 92.6 Å². The summed E-state index contributed by atoms with van der Waals surface area (Å²) >= 11 is 0. The third-order valence-electron chi connectivity index (χ3n) is 2.01. The van der Waals surface area contributed by atoms with Crippen molar-refractivity contribution in [2.45, 2.75) is 25.7 Å². The summed E-state index contributed by atoms with van der Waals surface area (Å²) in [5.74, 6) is -0.896. The van der Waals surface area contributed by atoms with E-state index in [9.17, 15) is 9.59 Å². The van der Waals surface area contributed by atoms with Gasteiger partial charge in [-0.05, 0) is 12.8 Å². The van der Waals surface area contributed by atoms with E-state index in [4.69, 9.17) is 5.11 Å². The number of rotatable bonds is 7. The van der Waals surface area contributed by atoms with Crippen molar-refractivity contribution in [3.8, 4) is 0 Å². The number of aromatic nitrogens is 1. The number of nitrogens with one attached hydrogen (secondary N) is 1. The van der Waals surface area contributed by atoms with Gasteiger partial charge in [0, 0.05) is 19.0 Å². The molecule has 2 N–H and O–H groups in total. The maximum absolute atomic E-state index is 11.3. The highest BCUT2D eigenvalue weighted by molar-refractivity contribution is 5.91. The second-order valence-electron chi connectivity index (χ2n) is 3.34. The van der Waals surface area contributed by atoms with Crippen molar-refractivity contribution < 1.29 is 19.2 Å². The largest absolute Gasteiger partial charge is 0.481 e. The SMILES string of the molecule is O=C(O)CCCCCNC(=O)c1ccno1. The standard InChI is InChI=1S/C10H14N2O4/c13-9(14)4-2-1-3-6-11-10(15)8-5-7-12-16-8/h5,7H,1-4,6H2,(H,11,15)(H,13,14). The molecule has 1 rings (SSSR count). The average molecular weight is 226 g/mol. The highest BCUT2D eigenvalue weighted by atomic mass is 16.5. The summed E-state index contributed by atoms with van der Waals surface area (Å²) in [7, 11) is 0. The number of aliphatic carboxylic acids is 1. The molecule has 0 aliphatic heterocycles.